The summed E-state index contributed by atoms with van der Waals surface area (Å²) >= 11 is 0. The third-order valence-electron chi connectivity index (χ3n) is 6.83. The van der Waals surface area contributed by atoms with Crippen LogP contribution >= 0.6 is 0 Å². The Hall–Kier alpha value is -0.570. The van der Waals surface area contributed by atoms with Crippen LogP contribution in [0.25, 0.3) is 0 Å². The van der Waals surface area contributed by atoms with E-state index in [2.05, 4.69) is 0 Å². The molecule has 1 saturated carbocycles. The molecule has 9 heteroatoms. The van der Waals surface area contributed by atoms with E-state index in [9.17, 15) is 28.2 Å². The van der Waals surface area contributed by atoms with E-state index in [1.165, 1.54) is 12.2 Å². The fourth-order valence-corrected chi connectivity index (χ4v) is 4.66. The number of rotatable bonds is 10. The first-order chi connectivity index (χ1) is 14.4. The van der Waals surface area contributed by atoms with E-state index < -0.39 is 35.8 Å². The second-order valence-corrected chi connectivity index (χ2v) is 9.15. The van der Waals surface area contributed by atoms with Crippen LogP contribution in [0.2, 0.25) is 0 Å². The average molecular weight is 472 g/mol. The molecule has 0 aromatic carbocycles. The molecule has 0 amide bonds. The van der Waals surface area contributed by atoms with Crippen molar-refractivity contribution in [2.75, 3.05) is 0 Å². The number of carboxylic acids is 1. The van der Waals surface area contributed by atoms with Crippen LogP contribution in [0.4, 0.5) is 17.6 Å². The maximum atomic E-state index is 15.1. The van der Waals surface area contributed by atoms with Crippen molar-refractivity contribution in [3.63, 3.8) is 0 Å². The van der Waals surface area contributed by atoms with Gasteiger partial charge < -0.3 is 19.7 Å². The number of aliphatic hydroxyl groups excluding tert-OH is 1. The Balaban J connectivity index is 0.00000512. The van der Waals surface area contributed by atoms with Crippen molar-refractivity contribution < 1.29 is 66.9 Å². The number of fused-ring (bicyclic) bond motifs is 1. The molecule has 1 N–H and O–H groups in total. The molecule has 0 aromatic rings. The van der Waals surface area contributed by atoms with E-state index in [0.717, 1.165) is 6.92 Å². The smallest absolute Gasteiger partial charge is 0.550 e. The number of carbonyl (C=O) groups excluding carboxylic acids is 1. The molecule has 0 aromatic heterocycles. The molecule has 4 nitrogen and oxygen atoms in total. The molecule has 0 spiro atoms. The predicted molar refractivity (Wildman–Crippen MR) is 106 cm³/mol. The molecular formula is C23H33F4NaO4. The molecule has 2 unspecified atom stereocenters. The molecule has 2 fully saturated rings. The van der Waals surface area contributed by atoms with E-state index in [4.69, 9.17) is 4.74 Å². The molecule has 1 aliphatic heterocycles. The fourth-order valence-electron chi connectivity index (χ4n) is 4.66. The van der Waals surface area contributed by atoms with Crippen molar-refractivity contribution in [3.8, 4) is 0 Å². The van der Waals surface area contributed by atoms with Gasteiger partial charge in [0.15, 0.2) is 6.17 Å². The van der Waals surface area contributed by atoms with Gasteiger partial charge in [0.25, 0.3) is 0 Å². The molecule has 1 aliphatic carbocycles. The van der Waals surface area contributed by atoms with E-state index in [1.807, 2.05) is 6.92 Å². The molecule has 32 heavy (non-hydrogen) atoms. The van der Waals surface area contributed by atoms with Gasteiger partial charge in [-0.15, -0.1) is 0 Å². The van der Waals surface area contributed by atoms with Crippen LogP contribution in [0.5, 0.6) is 0 Å². The van der Waals surface area contributed by atoms with Crippen LogP contribution in [-0.4, -0.2) is 35.6 Å². The molecule has 178 valence electrons. The summed E-state index contributed by atoms with van der Waals surface area (Å²) in [5, 5.41) is 20.9. The van der Waals surface area contributed by atoms with Gasteiger partial charge in [-0.25, -0.2) is 4.39 Å². The number of hydrogen-bond acceptors (Lipinski definition) is 4. The van der Waals surface area contributed by atoms with E-state index in [1.54, 1.807) is 13.0 Å². The van der Waals surface area contributed by atoms with Crippen LogP contribution in [0.1, 0.15) is 65.7 Å². The zero-order valence-electron chi connectivity index (χ0n) is 19.3. The van der Waals surface area contributed by atoms with Crippen molar-refractivity contribution in [1.82, 2.24) is 0 Å². The first kappa shape index (κ1) is 29.5. The van der Waals surface area contributed by atoms with Crippen LogP contribution < -0.4 is 34.7 Å². The van der Waals surface area contributed by atoms with Gasteiger partial charge >= 0.3 is 35.7 Å². The SMILES string of the molecule is CCCCC(C)([C@H](O)/C=C/[C@@H]1[C@H]2C(F)/C(=C/CCCC(=O)[O-])O[C@@H]2C[C@H]1C)C(F)(F)F.[Na+]. The number of unbranched alkanes of at least 4 members (excludes halogenated alkanes) is 2. The molecule has 0 bridgehead atoms. The summed E-state index contributed by atoms with van der Waals surface area (Å²) in [5.74, 6) is -1.88. The van der Waals surface area contributed by atoms with Crippen molar-refractivity contribution in [2.24, 2.45) is 23.2 Å². The van der Waals surface area contributed by atoms with E-state index >= 15 is 4.39 Å². The third kappa shape index (κ3) is 6.73. The summed E-state index contributed by atoms with van der Waals surface area (Å²) in [6.07, 6.45) is -1.93. The summed E-state index contributed by atoms with van der Waals surface area (Å²) in [4.78, 5) is 10.5. The number of allylic oxidation sites excluding steroid dienone is 3. The largest absolute Gasteiger partial charge is 1.00 e. The quantitative estimate of drug-likeness (QED) is 0.226. The van der Waals surface area contributed by atoms with Crippen molar-refractivity contribution in [2.45, 2.75) is 90.3 Å². The molecule has 1 saturated heterocycles. The first-order valence-electron chi connectivity index (χ1n) is 11.1. The summed E-state index contributed by atoms with van der Waals surface area (Å²) in [7, 11) is 0. The second kappa shape index (κ2) is 12.2. The minimum absolute atomic E-state index is 0. The van der Waals surface area contributed by atoms with Gasteiger partial charge in [-0.05, 0) is 56.9 Å². The topological polar surface area (TPSA) is 69.6 Å². The van der Waals surface area contributed by atoms with Gasteiger partial charge in [-0.3, -0.25) is 0 Å². The Kier molecular flexibility index (Phi) is 11.3. The maximum Gasteiger partial charge on any atom is 1.00 e. The Morgan fingerprint density at radius 1 is 1.34 bits per heavy atom. The molecule has 2 aliphatic rings. The Bertz CT molecular complexity index is 681. The average Bonchev–Trinajstić information content (AvgIpc) is 3.14. The van der Waals surface area contributed by atoms with E-state index in [0.29, 0.717) is 32.1 Å². The normalized spacial score (nSPS) is 31.8. The number of hydrogen-bond donors (Lipinski definition) is 1. The first-order valence-corrected chi connectivity index (χ1v) is 11.1. The fraction of sp³-hybridized carbons (Fsp3) is 0.783. The van der Waals surface area contributed by atoms with Crippen molar-refractivity contribution >= 4 is 5.97 Å². The molecule has 2 rings (SSSR count). The third-order valence-corrected chi connectivity index (χ3v) is 6.83. The minimum Gasteiger partial charge on any atom is -0.550 e. The summed E-state index contributed by atoms with van der Waals surface area (Å²) in [6.45, 7) is 4.73. The number of alkyl halides is 4. The van der Waals surface area contributed by atoms with Gasteiger partial charge in [0.2, 0.25) is 0 Å². The van der Waals surface area contributed by atoms with Crippen molar-refractivity contribution in [3.05, 3.63) is 24.0 Å². The van der Waals surface area contributed by atoms with Gasteiger partial charge in [0, 0.05) is 11.9 Å². The number of aliphatic hydroxyl groups is 1. The van der Waals surface area contributed by atoms with Crippen LogP contribution in [0.15, 0.2) is 24.0 Å². The van der Waals surface area contributed by atoms with Crippen molar-refractivity contribution in [1.29, 1.82) is 0 Å². The zero-order valence-corrected chi connectivity index (χ0v) is 21.3. The number of aliphatic carboxylic acids is 1. The molecular weight excluding hydrogens is 439 g/mol. The standard InChI is InChI=1S/C23H34F4O4.Na/c1-4-5-12-22(3,23(25,26)27)18(28)11-10-15-14(2)13-17-20(15)21(24)16(31-17)8-6-7-9-19(29)30;/h8,10-11,14-15,17-18,20-21,28H,4-7,9,12-13H2,1-3H3,(H,29,30);/q;+1/p-1/b11-10+,16-8-;/t14-,15+,17-,18-,20-,21?,22?;/m1./s1. The summed E-state index contributed by atoms with van der Waals surface area (Å²) in [6, 6.07) is 0. The maximum absolute atomic E-state index is 15.1. The van der Waals surface area contributed by atoms with E-state index in [-0.39, 0.29) is 66.1 Å². The number of halogens is 4. The van der Waals surface area contributed by atoms with Gasteiger partial charge in [0.1, 0.15) is 11.9 Å². The van der Waals surface area contributed by atoms with Gasteiger partial charge in [-0.2, -0.15) is 13.2 Å². The summed E-state index contributed by atoms with van der Waals surface area (Å²) < 4.78 is 61.8. The number of carbonyl (C=O) groups is 1. The monoisotopic (exact) mass is 472 g/mol. The summed E-state index contributed by atoms with van der Waals surface area (Å²) in [5.41, 5.74) is -2.26. The molecule has 0 radical (unpaired) electrons. The van der Waals surface area contributed by atoms with Crippen LogP contribution in [0, 0.1) is 23.2 Å². The molecule has 7 atom stereocenters. The Morgan fingerprint density at radius 2 is 2.00 bits per heavy atom. The second-order valence-electron chi connectivity index (χ2n) is 9.15. The van der Waals surface area contributed by atoms with Crippen LogP contribution in [-0.2, 0) is 9.53 Å². The minimum atomic E-state index is -4.56. The molecule has 1 heterocycles. The van der Waals surface area contributed by atoms with Gasteiger partial charge in [-0.1, -0.05) is 38.8 Å². The Labute approximate surface area is 209 Å². The predicted octanol–water partition coefficient (Wildman–Crippen LogP) is 1.48. The van der Waals surface area contributed by atoms with Gasteiger partial charge in [0.05, 0.1) is 11.5 Å². The number of ether oxygens (including phenoxy) is 1. The van der Waals surface area contributed by atoms with Crippen LogP contribution in [0.3, 0.4) is 0 Å². The number of carboxylic acid groups (broad SMARTS) is 1. The Morgan fingerprint density at radius 3 is 2.56 bits per heavy atom. The zero-order chi connectivity index (χ0) is 23.4.